The van der Waals surface area contributed by atoms with Gasteiger partial charge in [-0.1, -0.05) is 22.8 Å². The van der Waals surface area contributed by atoms with Crippen LogP contribution >= 0.6 is 11.6 Å². The first-order valence-corrected chi connectivity index (χ1v) is 5.93. The van der Waals surface area contributed by atoms with E-state index < -0.39 is 11.6 Å². The molecule has 0 saturated carbocycles. The van der Waals surface area contributed by atoms with Crippen molar-refractivity contribution >= 4 is 11.6 Å². The summed E-state index contributed by atoms with van der Waals surface area (Å²) >= 11 is 5.66. The molecule has 7 heteroatoms. The molecule has 0 aliphatic carbocycles. The van der Waals surface area contributed by atoms with Crippen LogP contribution in [-0.2, 0) is 0 Å². The fourth-order valence-electron chi connectivity index (χ4n) is 1.66. The molecular weight excluding hydrogens is 288 g/mol. The van der Waals surface area contributed by atoms with Gasteiger partial charge < -0.3 is 4.52 Å². The SMILES string of the molecule is Fc1cccc(F)c1-c1noc(-c2ccc(Cl)nc2)n1. The van der Waals surface area contributed by atoms with E-state index >= 15 is 0 Å². The predicted molar refractivity (Wildman–Crippen MR) is 67.9 cm³/mol. The molecule has 0 bridgehead atoms. The molecule has 100 valence electrons. The fraction of sp³-hybridized carbons (Fsp3) is 0. The monoisotopic (exact) mass is 293 g/mol. The van der Waals surface area contributed by atoms with E-state index in [1.165, 1.54) is 12.3 Å². The van der Waals surface area contributed by atoms with Gasteiger partial charge in [0.15, 0.2) is 0 Å². The number of rotatable bonds is 2. The molecule has 2 aromatic heterocycles. The molecule has 0 N–H and O–H groups in total. The Morgan fingerprint density at radius 3 is 2.45 bits per heavy atom. The largest absolute Gasteiger partial charge is 0.334 e. The summed E-state index contributed by atoms with van der Waals surface area (Å²) in [6.07, 6.45) is 1.43. The standard InChI is InChI=1S/C13H6ClF2N3O/c14-10-5-4-7(6-17-10)13-18-12(19-20-13)11-8(15)2-1-3-9(11)16/h1-6H. The average molecular weight is 294 g/mol. The Balaban J connectivity index is 2.04. The first kappa shape index (κ1) is 12.7. The van der Waals surface area contributed by atoms with E-state index in [0.717, 1.165) is 12.1 Å². The van der Waals surface area contributed by atoms with Crippen molar-refractivity contribution in [3.8, 4) is 22.8 Å². The normalized spacial score (nSPS) is 10.8. The molecule has 0 aliphatic heterocycles. The highest BCUT2D eigenvalue weighted by atomic mass is 35.5. The minimum Gasteiger partial charge on any atom is -0.334 e. The molecule has 0 unspecified atom stereocenters. The molecule has 0 spiro atoms. The Hall–Kier alpha value is -2.34. The number of pyridine rings is 1. The van der Waals surface area contributed by atoms with Crippen molar-refractivity contribution in [3.63, 3.8) is 0 Å². The number of halogens is 3. The number of hydrogen-bond donors (Lipinski definition) is 0. The maximum atomic E-state index is 13.6. The van der Waals surface area contributed by atoms with Crippen LogP contribution < -0.4 is 0 Å². The first-order chi connectivity index (χ1) is 9.65. The summed E-state index contributed by atoms with van der Waals surface area (Å²) in [7, 11) is 0. The highest BCUT2D eigenvalue weighted by Crippen LogP contribution is 2.26. The lowest BCUT2D eigenvalue weighted by Gasteiger charge is -1.98. The third-order valence-electron chi connectivity index (χ3n) is 2.59. The van der Waals surface area contributed by atoms with E-state index in [1.807, 2.05) is 0 Å². The minimum atomic E-state index is -0.758. The van der Waals surface area contributed by atoms with Crippen molar-refractivity contribution in [1.82, 2.24) is 15.1 Å². The van der Waals surface area contributed by atoms with Gasteiger partial charge in [0.1, 0.15) is 16.8 Å². The van der Waals surface area contributed by atoms with Crippen molar-refractivity contribution in [3.05, 3.63) is 53.3 Å². The molecule has 0 amide bonds. The van der Waals surface area contributed by atoms with Crippen molar-refractivity contribution in [2.45, 2.75) is 0 Å². The lowest BCUT2D eigenvalue weighted by molar-refractivity contribution is 0.431. The molecule has 3 rings (SSSR count). The Bertz CT molecular complexity index is 738. The zero-order valence-electron chi connectivity index (χ0n) is 9.85. The quantitative estimate of drug-likeness (QED) is 0.676. The summed E-state index contributed by atoms with van der Waals surface area (Å²) < 4.78 is 32.2. The average Bonchev–Trinajstić information content (AvgIpc) is 2.89. The Morgan fingerprint density at radius 2 is 1.80 bits per heavy atom. The minimum absolute atomic E-state index is 0.104. The van der Waals surface area contributed by atoms with Crippen molar-refractivity contribution < 1.29 is 13.3 Å². The number of benzene rings is 1. The van der Waals surface area contributed by atoms with Crippen molar-refractivity contribution in [1.29, 1.82) is 0 Å². The molecule has 0 saturated heterocycles. The first-order valence-electron chi connectivity index (χ1n) is 5.55. The Labute approximate surface area is 117 Å². The Morgan fingerprint density at radius 1 is 1.05 bits per heavy atom. The van der Waals surface area contributed by atoms with Crippen LogP contribution in [0.2, 0.25) is 5.15 Å². The second kappa shape index (κ2) is 4.97. The summed E-state index contributed by atoms with van der Waals surface area (Å²) in [4.78, 5) is 7.82. The van der Waals surface area contributed by atoms with Crippen LogP contribution in [0.4, 0.5) is 8.78 Å². The lowest BCUT2D eigenvalue weighted by Crippen LogP contribution is -1.91. The molecule has 3 aromatic rings. The second-order valence-corrected chi connectivity index (χ2v) is 4.28. The van der Waals surface area contributed by atoms with Gasteiger partial charge in [0.25, 0.3) is 5.89 Å². The van der Waals surface area contributed by atoms with Gasteiger partial charge in [-0.2, -0.15) is 4.98 Å². The van der Waals surface area contributed by atoms with Gasteiger partial charge in [-0.3, -0.25) is 0 Å². The van der Waals surface area contributed by atoms with Crippen LogP contribution in [0.5, 0.6) is 0 Å². The summed E-state index contributed by atoms with van der Waals surface area (Å²) in [5.74, 6) is -1.57. The van der Waals surface area contributed by atoms with Crippen molar-refractivity contribution in [2.75, 3.05) is 0 Å². The molecule has 0 radical (unpaired) electrons. The smallest absolute Gasteiger partial charge is 0.259 e. The molecule has 1 aromatic carbocycles. The summed E-state index contributed by atoms with van der Waals surface area (Å²) in [5.41, 5.74) is 0.175. The van der Waals surface area contributed by atoms with E-state index in [2.05, 4.69) is 15.1 Å². The van der Waals surface area contributed by atoms with E-state index in [-0.39, 0.29) is 17.3 Å². The molecule has 0 atom stereocenters. The van der Waals surface area contributed by atoms with E-state index in [4.69, 9.17) is 16.1 Å². The van der Waals surface area contributed by atoms with Gasteiger partial charge in [0.05, 0.1) is 11.1 Å². The van der Waals surface area contributed by atoms with Crippen LogP contribution in [0, 0.1) is 11.6 Å². The summed E-state index contributed by atoms with van der Waals surface area (Å²) in [6, 6.07) is 6.67. The highest BCUT2D eigenvalue weighted by molar-refractivity contribution is 6.29. The number of aromatic nitrogens is 3. The maximum Gasteiger partial charge on any atom is 0.259 e. The summed E-state index contributed by atoms with van der Waals surface area (Å²) in [5, 5.41) is 3.89. The van der Waals surface area contributed by atoms with Gasteiger partial charge >= 0.3 is 0 Å². The molecule has 2 heterocycles. The van der Waals surface area contributed by atoms with Crippen LogP contribution in [0.1, 0.15) is 0 Å². The van der Waals surface area contributed by atoms with Gasteiger partial charge in [-0.05, 0) is 24.3 Å². The zero-order valence-corrected chi connectivity index (χ0v) is 10.6. The zero-order chi connectivity index (χ0) is 14.1. The fourth-order valence-corrected chi connectivity index (χ4v) is 1.77. The van der Waals surface area contributed by atoms with Crippen molar-refractivity contribution in [2.24, 2.45) is 0 Å². The van der Waals surface area contributed by atoms with Gasteiger partial charge in [-0.25, -0.2) is 13.8 Å². The highest BCUT2D eigenvalue weighted by Gasteiger charge is 2.18. The molecule has 4 nitrogen and oxygen atoms in total. The topological polar surface area (TPSA) is 51.8 Å². The van der Waals surface area contributed by atoms with E-state index in [9.17, 15) is 8.78 Å². The van der Waals surface area contributed by atoms with Crippen LogP contribution in [0.3, 0.4) is 0 Å². The molecular formula is C13H6ClF2N3O. The van der Waals surface area contributed by atoms with E-state index in [1.54, 1.807) is 12.1 Å². The lowest BCUT2D eigenvalue weighted by atomic mass is 10.2. The molecule has 0 fully saturated rings. The number of hydrogen-bond acceptors (Lipinski definition) is 4. The van der Waals surface area contributed by atoms with Gasteiger partial charge in [0, 0.05) is 6.20 Å². The third-order valence-corrected chi connectivity index (χ3v) is 2.81. The Kier molecular flexibility index (Phi) is 3.15. The molecule has 0 aliphatic rings. The van der Waals surface area contributed by atoms with Crippen LogP contribution in [-0.4, -0.2) is 15.1 Å². The molecule has 20 heavy (non-hydrogen) atoms. The third kappa shape index (κ3) is 2.25. The second-order valence-electron chi connectivity index (χ2n) is 3.89. The van der Waals surface area contributed by atoms with Gasteiger partial charge in [0.2, 0.25) is 5.82 Å². The van der Waals surface area contributed by atoms with Gasteiger partial charge in [-0.15, -0.1) is 0 Å². The van der Waals surface area contributed by atoms with Crippen LogP contribution in [0.25, 0.3) is 22.8 Å². The number of nitrogens with zero attached hydrogens (tertiary/aromatic N) is 3. The maximum absolute atomic E-state index is 13.6. The van der Waals surface area contributed by atoms with E-state index in [0.29, 0.717) is 10.7 Å². The van der Waals surface area contributed by atoms with Crippen LogP contribution in [0.15, 0.2) is 41.1 Å². The summed E-state index contributed by atoms with van der Waals surface area (Å²) in [6.45, 7) is 0. The predicted octanol–water partition coefficient (Wildman–Crippen LogP) is 3.73.